The first kappa shape index (κ1) is 12.6. The number of benzene rings is 1. The Hall–Kier alpha value is -2.41. The Labute approximate surface area is 118 Å². The molecule has 100 valence electrons. The van der Waals surface area contributed by atoms with E-state index in [0.29, 0.717) is 11.6 Å². The summed E-state index contributed by atoms with van der Waals surface area (Å²) in [5, 5.41) is 9.15. The number of fused-ring (bicyclic) bond motifs is 1. The summed E-state index contributed by atoms with van der Waals surface area (Å²) in [4.78, 5) is 11.1. The van der Waals surface area contributed by atoms with Gasteiger partial charge in [0.2, 0.25) is 5.95 Å². The van der Waals surface area contributed by atoms with Gasteiger partial charge in [-0.05, 0) is 30.0 Å². The van der Waals surface area contributed by atoms with Gasteiger partial charge in [-0.1, -0.05) is 32.0 Å². The lowest BCUT2D eigenvalue weighted by molar-refractivity contribution is 0.802. The topological polar surface area (TPSA) is 52.8 Å². The van der Waals surface area contributed by atoms with Crippen LogP contribution in [-0.2, 0) is 6.42 Å². The molecule has 1 aliphatic rings. The van der Waals surface area contributed by atoms with Crippen molar-refractivity contribution >= 4 is 11.6 Å². The predicted molar refractivity (Wildman–Crippen MR) is 78.0 cm³/mol. The highest BCUT2D eigenvalue weighted by atomic mass is 15.3. The van der Waals surface area contributed by atoms with Crippen LogP contribution in [0.3, 0.4) is 0 Å². The van der Waals surface area contributed by atoms with E-state index < -0.39 is 0 Å². The fourth-order valence-corrected chi connectivity index (χ4v) is 2.47. The SMILES string of the molecule is CC(C)c1cc(C#N)nc(N2CCc3ccccc32)n1. The zero-order chi connectivity index (χ0) is 14.1. The van der Waals surface area contributed by atoms with Gasteiger partial charge < -0.3 is 4.90 Å². The van der Waals surface area contributed by atoms with Gasteiger partial charge in [0.15, 0.2) is 0 Å². The Bertz CT molecular complexity index is 685. The molecular formula is C16H16N4. The molecule has 0 fully saturated rings. The van der Waals surface area contributed by atoms with Gasteiger partial charge in [0, 0.05) is 17.9 Å². The quantitative estimate of drug-likeness (QED) is 0.836. The number of hydrogen-bond donors (Lipinski definition) is 0. The molecule has 1 aromatic heterocycles. The van der Waals surface area contributed by atoms with Crippen molar-refractivity contribution in [1.82, 2.24) is 9.97 Å². The number of hydrogen-bond acceptors (Lipinski definition) is 4. The Morgan fingerprint density at radius 2 is 2.05 bits per heavy atom. The lowest BCUT2D eigenvalue weighted by atomic mass is 10.1. The van der Waals surface area contributed by atoms with Crippen LogP contribution in [0.5, 0.6) is 0 Å². The number of aromatic nitrogens is 2. The first-order valence-corrected chi connectivity index (χ1v) is 6.83. The van der Waals surface area contributed by atoms with Crippen molar-refractivity contribution in [3.8, 4) is 6.07 Å². The third kappa shape index (κ3) is 2.12. The Kier molecular flexibility index (Phi) is 3.11. The van der Waals surface area contributed by atoms with Crippen LogP contribution in [0.4, 0.5) is 11.6 Å². The Morgan fingerprint density at radius 3 is 2.80 bits per heavy atom. The van der Waals surface area contributed by atoms with Crippen molar-refractivity contribution in [3.63, 3.8) is 0 Å². The summed E-state index contributed by atoms with van der Waals surface area (Å²) in [6.07, 6.45) is 0.993. The molecule has 3 rings (SSSR count). The molecule has 0 N–H and O–H groups in total. The maximum absolute atomic E-state index is 9.15. The average Bonchev–Trinajstić information content (AvgIpc) is 2.90. The van der Waals surface area contributed by atoms with Crippen LogP contribution in [0.2, 0.25) is 0 Å². The third-order valence-corrected chi connectivity index (χ3v) is 3.57. The highest BCUT2D eigenvalue weighted by Crippen LogP contribution is 2.32. The van der Waals surface area contributed by atoms with E-state index in [9.17, 15) is 0 Å². The van der Waals surface area contributed by atoms with Crippen LogP contribution in [-0.4, -0.2) is 16.5 Å². The van der Waals surface area contributed by atoms with Gasteiger partial charge in [0.25, 0.3) is 0 Å². The number of rotatable bonds is 2. The predicted octanol–water partition coefficient (Wildman–Crippen LogP) is 3.17. The number of para-hydroxylation sites is 1. The fourth-order valence-electron chi connectivity index (χ4n) is 2.47. The number of anilines is 2. The molecule has 1 aromatic carbocycles. The van der Waals surface area contributed by atoms with Gasteiger partial charge in [-0.2, -0.15) is 5.26 Å². The molecule has 0 radical (unpaired) electrons. The largest absolute Gasteiger partial charge is 0.310 e. The van der Waals surface area contributed by atoms with E-state index in [1.54, 1.807) is 6.07 Å². The molecule has 0 amide bonds. The summed E-state index contributed by atoms with van der Waals surface area (Å²) in [5.74, 6) is 0.916. The van der Waals surface area contributed by atoms with Crippen molar-refractivity contribution in [3.05, 3.63) is 47.3 Å². The zero-order valence-electron chi connectivity index (χ0n) is 11.7. The molecule has 2 heterocycles. The molecule has 20 heavy (non-hydrogen) atoms. The van der Waals surface area contributed by atoms with E-state index in [-0.39, 0.29) is 5.92 Å². The van der Waals surface area contributed by atoms with Crippen LogP contribution in [0.1, 0.15) is 36.7 Å². The van der Waals surface area contributed by atoms with E-state index in [4.69, 9.17) is 5.26 Å². The minimum absolute atomic E-state index is 0.279. The van der Waals surface area contributed by atoms with E-state index in [2.05, 4.69) is 53.0 Å². The van der Waals surface area contributed by atoms with Crippen molar-refractivity contribution in [2.24, 2.45) is 0 Å². The Balaban J connectivity index is 2.08. The van der Waals surface area contributed by atoms with Crippen LogP contribution >= 0.6 is 0 Å². The molecule has 0 saturated heterocycles. The second kappa shape index (κ2) is 4.93. The maximum Gasteiger partial charge on any atom is 0.231 e. The van der Waals surface area contributed by atoms with E-state index in [1.807, 2.05) is 6.07 Å². The third-order valence-electron chi connectivity index (χ3n) is 3.57. The van der Waals surface area contributed by atoms with Crippen LogP contribution in [0.25, 0.3) is 0 Å². The minimum atomic E-state index is 0.279. The summed E-state index contributed by atoms with van der Waals surface area (Å²) in [5.41, 5.74) is 3.81. The molecule has 4 nitrogen and oxygen atoms in total. The molecule has 4 heteroatoms. The van der Waals surface area contributed by atoms with Gasteiger partial charge >= 0.3 is 0 Å². The zero-order valence-corrected chi connectivity index (χ0v) is 11.7. The fraction of sp³-hybridized carbons (Fsp3) is 0.312. The molecule has 0 aliphatic carbocycles. The molecule has 0 saturated carbocycles. The first-order valence-electron chi connectivity index (χ1n) is 6.83. The molecule has 0 bridgehead atoms. The first-order chi connectivity index (χ1) is 9.69. The smallest absolute Gasteiger partial charge is 0.231 e. The van der Waals surface area contributed by atoms with Gasteiger partial charge in [0.1, 0.15) is 11.8 Å². The van der Waals surface area contributed by atoms with Crippen molar-refractivity contribution in [1.29, 1.82) is 5.26 Å². The molecule has 0 unspecified atom stereocenters. The van der Waals surface area contributed by atoms with E-state index in [1.165, 1.54) is 5.56 Å². The van der Waals surface area contributed by atoms with Gasteiger partial charge in [-0.25, -0.2) is 9.97 Å². The van der Waals surface area contributed by atoms with Gasteiger partial charge in [-0.15, -0.1) is 0 Å². The monoisotopic (exact) mass is 264 g/mol. The van der Waals surface area contributed by atoms with Crippen molar-refractivity contribution in [2.45, 2.75) is 26.2 Å². The normalized spacial score (nSPS) is 13.4. The average molecular weight is 264 g/mol. The lowest BCUT2D eigenvalue weighted by Crippen LogP contribution is -2.18. The highest BCUT2D eigenvalue weighted by molar-refractivity contribution is 5.65. The lowest BCUT2D eigenvalue weighted by Gasteiger charge is -2.18. The molecule has 1 aliphatic heterocycles. The van der Waals surface area contributed by atoms with Crippen LogP contribution in [0.15, 0.2) is 30.3 Å². The summed E-state index contributed by atoms with van der Waals surface area (Å²) < 4.78 is 0. The van der Waals surface area contributed by atoms with Crippen molar-refractivity contribution < 1.29 is 0 Å². The molecule has 0 atom stereocenters. The molecule has 0 spiro atoms. The number of nitriles is 1. The Morgan fingerprint density at radius 1 is 1.25 bits per heavy atom. The van der Waals surface area contributed by atoms with Crippen molar-refractivity contribution in [2.75, 3.05) is 11.4 Å². The summed E-state index contributed by atoms with van der Waals surface area (Å²) in [7, 11) is 0. The standard InChI is InChI=1S/C16H16N4/c1-11(2)14-9-13(10-17)18-16(19-14)20-8-7-12-5-3-4-6-15(12)20/h3-6,9,11H,7-8H2,1-2H3. The van der Waals surface area contributed by atoms with E-state index in [0.717, 1.165) is 24.3 Å². The van der Waals surface area contributed by atoms with Crippen LogP contribution < -0.4 is 4.90 Å². The molecule has 2 aromatic rings. The van der Waals surface area contributed by atoms with Gasteiger partial charge in [0.05, 0.1) is 0 Å². The van der Waals surface area contributed by atoms with Crippen LogP contribution in [0, 0.1) is 11.3 Å². The molecular weight excluding hydrogens is 248 g/mol. The van der Waals surface area contributed by atoms with Gasteiger partial charge in [-0.3, -0.25) is 0 Å². The summed E-state index contributed by atoms with van der Waals surface area (Å²) in [6, 6.07) is 12.2. The van der Waals surface area contributed by atoms with E-state index >= 15 is 0 Å². The number of nitrogens with zero attached hydrogens (tertiary/aromatic N) is 4. The summed E-state index contributed by atoms with van der Waals surface area (Å²) in [6.45, 7) is 5.02. The minimum Gasteiger partial charge on any atom is -0.310 e. The second-order valence-electron chi connectivity index (χ2n) is 5.27. The maximum atomic E-state index is 9.15. The summed E-state index contributed by atoms with van der Waals surface area (Å²) >= 11 is 0. The highest BCUT2D eigenvalue weighted by Gasteiger charge is 2.23. The second-order valence-corrected chi connectivity index (χ2v) is 5.27.